The van der Waals surface area contributed by atoms with Gasteiger partial charge in [-0.1, -0.05) is 12.1 Å². The summed E-state index contributed by atoms with van der Waals surface area (Å²) >= 11 is 0. The number of carbonyl (C=O) groups is 1. The molecule has 0 bridgehead atoms. The second-order valence-electron chi connectivity index (χ2n) is 4.39. The number of rotatable bonds is 1. The minimum atomic E-state index is -0.676. The summed E-state index contributed by atoms with van der Waals surface area (Å²) in [5, 5.41) is 0. The molecule has 0 fully saturated rings. The molecule has 1 unspecified atom stereocenters. The highest BCUT2D eigenvalue weighted by Crippen LogP contribution is 2.36. The molecule has 19 heavy (non-hydrogen) atoms. The van der Waals surface area contributed by atoms with Crippen LogP contribution in [0.2, 0.25) is 0 Å². The quantitative estimate of drug-likeness (QED) is 0.788. The average Bonchev–Trinajstić information content (AvgIpc) is 2.43. The van der Waals surface area contributed by atoms with Crippen molar-refractivity contribution >= 4 is 17.4 Å². The van der Waals surface area contributed by atoms with Crippen molar-refractivity contribution in [2.75, 3.05) is 17.7 Å². The topological polar surface area (TPSA) is 68.5 Å². The largest absolute Gasteiger partial charge is 0.472 e. The number of nitrogens with two attached hydrogens (primary N) is 1. The van der Waals surface area contributed by atoms with Gasteiger partial charge < -0.3 is 10.5 Å². The second-order valence-corrected chi connectivity index (χ2v) is 4.39. The second kappa shape index (κ2) is 4.28. The number of anilines is 2. The molecule has 96 valence electrons. The summed E-state index contributed by atoms with van der Waals surface area (Å²) in [5.74, 6) is 0.974. The number of aromatic nitrogens is 1. The van der Waals surface area contributed by atoms with Crippen molar-refractivity contribution in [3.8, 4) is 5.75 Å². The van der Waals surface area contributed by atoms with Gasteiger partial charge in [-0.15, -0.1) is 0 Å². The van der Waals surface area contributed by atoms with Crippen molar-refractivity contribution < 1.29 is 9.53 Å². The summed E-state index contributed by atoms with van der Waals surface area (Å²) in [6, 6.07) is 10.7. The Bertz CT molecular complexity index is 642. The van der Waals surface area contributed by atoms with Crippen LogP contribution < -0.4 is 15.4 Å². The number of benzene rings is 1. The third-order valence-corrected chi connectivity index (χ3v) is 3.08. The molecule has 3 rings (SSSR count). The molecule has 2 aromatic rings. The molecule has 0 saturated carbocycles. The number of hydrogen-bond acceptors (Lipinski definition) is 4. The minimum absolute atomic E-state index is 0.156. The smallest absolute Gasteiger partial charge is 0.273 e. The number of hydrogen-bond donors (Lipinski definition) is 1. The van der Waals surface area contributed by atoms with Crippen molar-refractivity contribution in [3.05, 3.63) is 48.2 Å². The van der Waals surface area contributed by atoms with Crippen molar-refractivity contribution in [1.29, 1.82) is 0 Å². The molecule has 1 aliphatic heterocycles. The van der Waals surface area contributed by atoms with Gasteiger partial charge in [-0.3, -0.25) is 9.69 Å². The SMILES string of the molecule is CN1C(=O)C(c2cccc(N)c2)Oc2cccnc21. The lowest BCUT2D eigenvalue weighted by Crippen LogP contribution is -2.38. The molecular formula is C14H13N3O2. The van der Waals surface area contributed by atoms with E-state index in [0.717, 1.165) is 5.56 Å². The van der Waals surface area contributed by atoms with Crippen molar-refractivity contribution in [2.24, 2.45) is 0 Å². The molecule has 5 nitrogen and oxygen atoms in total. The fraction of sp³-hybridized carbons (Fsp3) is 0.143. The summed E-state index contributed by atoms with van der Waals surface area (Å²) in [7, 11) is 1.69. The monoisotopic (exact) mass is 255 g/mol. The van der Waals surface area contributed by atoms with E-state index in [1.807, 2.05) is 6.07 Å². The van der Waals surface area contributed by atoms with E-state index < -0.39 is 6.10 Å². The fourth-order valence-electron chi connectivity index (χ4n) is 2.12. The van der Waals surface area contributed by atoms with Crippen LogP contribution in [0.1, 0.15) is 11.7 Å². The summed E-state index contributed by atoms with van der Waals surface area (Å²) in [5.41, 5.74) is 7.09. The Morgan fingerprint density at radius 3 is 2.95 bits per heavy atom. The van der Waals surface area contributed by atoms with Crippen LogP contribution in [0.15, 0.2) is 42.6 Å². The zero-order valence-corrected chi connectivity index (χ0v) is 10.4. The number of carbonyl (C=O) groups excluding carboxylic acids is 1. The van der Waals surface area contributed by atoms with E-state index in [-0.39, 0.29) is 5.91 Å². The van der Waals surface area contributed by atoms with Gasteiger partial charge in [0, 0.05) is 24.5 Å². The van der Waals surface area contributed by atoms with Crippen LogP contribution in [-0.4, -0.2) is 17.9 Å². The predicted octanol–water partition coefficient (Wildman–Crippen LogP) is 1.76. The van der Waals surface area contributed by atoms with E-state index in [9.17, 15) is 4.79 Å². The van der Waals surface area contributed by atoms with Crippen molar-refractivity contribution in [3.63, 3.8) is 0 Å². The molecule has 1 aromatic carbocycles. The van der Waals surface area contributed by atoms with E-state index >= 15 is 0 Å². The van der Waals surface area contributed by atoms with Gasteiger partial charge >= 0.3 is 0 Å². The Balaban J connectivity index is 2.04. The van der Waals surface area contributed by atoms with E-state index in [0.29, 0.717) is 17.3 Å². The zero-order valence-electron chi connectivity index (χ0n) is 10.4. The number of ether oxygens (including phenoxy) is 1. The Morgan fingerprint density at radius 1 is 1.32 bits per heavy atom. The molecule has 2 heterocycles. The first-order chi connectivity index (χ1) is 9.16. The number of nitrogen functional groups attached to an aromatic ring is 1. The molecule has 0 aliphatic carbocycles. The van der Waals surface area contributed by atoms with Crippen LogP contribution in [-0.2, 0) is 4.79 Å². The molecule has 5 heteroatoms. The van der Waals surface area contributed by atoms with Gasteiger partial charge in [-0.05, 0) is 24.3 Å². The molecule has 0 saturated heterocycles. The first kappa shape index (κ1) is 11.5. The molecular weight excluding hydrogens is 242 g/mol. The summed E-state index contributed by atoms with van der Waals surface area (Å²) < 4.78 is 5.75. The predicted molar refractivity (Wildman–Crippen MR) is 71.9 cm³/mol. The van der Waals surface area contributed by atoms with E-state index in [2.05, 4.69) is 4.98 Å². The number of amides is 1. The molecule has 1 aromatic heterocycles. The fourth-order valence-corrected chi connectivity index (χ4v) is 2.12. The van der Waals surface area contributed by atoms with Crippen LogP contribution in [0, 0.1) is 0 Å². The highest BCUT2D eigenvalue weighted by molar-refractivity contribution is 5.99. The summed E-state index contributed by atoms with van der Waals surface area (Å²) in [4.78, 5) is 18.0. The van der Waals surface area contributed by atoms with Gasteiger partial charge in [0.05, 0.1) is 0 Å². The summed E-state index contributed by atoms with van der Waals surface area (Å²) in [6.45, 7) is 0. The molecule has 2 N–H and O–H groups in total. The van der Waals surface area contributed by atoms with Gasteiger partial charge in [-0.2, -0.15) is 0 Å². The normalized spacial score (nSPS) is 17.8. The lowest BCUT2D eigenvalue weighted by atomic mass is 10.1. The third kappa shape index (κ3) is 1.89. The van der Waals surface area contributed by atoms with Gasteiger partial charge in [0.2, 0.25) is 6.10 Å². The van der Waals surface area contributed by atoms with Gasteiger partial charge in [0.15, 0.2) is 11.6 Å². The third-order valence-electron chi connectivity index (χ3n) is 3.08. The molecule has 1 atom stereocenters. The van der Waals surface area contributed by atoms with Gasteiger partial charge in [-0.25, -0.2) is 4.98 Å². The first-order valence-corrected chi connectivity index (χ1v) is 5.91. The number of nitrogens with zero attached hydrogens (tertiary/aromatic N) is 2. The number of pyridine rings is 1. The Kier molecular flexibility index (Phi) is 2.59. The van der Waals surface area contributed by atoms with Gasteiger partial charge in [0.1, 0.15) is 0 Å². The Morgan fingerprint density at radius 2 is 2.16 bits per heavy atom. The van der Waals surface area contributed by atoms with Gasteiger partial charge in [0.25, 0.3) is 5.91 Å². The average molecular weight is 255 g/mol. The van der Waals surface area contributed by atoms with Crippen molar-refractivity contribution in [2.45, 2.75) is 6.10 Å². The molecule has 0 spiro atoms. The van der Waals surface area contributed by atoms with E-state index in [1.165, 1.54) is 4.90 Å². The number of likely N-dealkylation sites (N-methyl/N-ethyl adjacent to an activating group) is 1. The first-order valence-electron chi connectivity index (χ1n) is 5.91. The Labute approximate surface area is 110 Å². The van der Waals surface area contributed by atoms with E-state index in [1.54, 1.807) is 43.6 Å². The lowest BCUT2D eigenvalue weighted by Gasteiger charge is -2.31. The maximum atomic E-state index is 12.3. The van der Waals surface area contributed by atoms with Crippen LogP contribution >= 0.6 is 0 Å². The molecule has 1 aliphatic rings. The van der Waals surface area contributed by atoms with E-state index in [4.69, 9.17) is 10.5 Å². The van der Waals surface area contributed by atoms with Crippen LogP contribution in [0.4, 0.5) is 11.5 Å². The molecule has 0 radical (unpaired) electrons. The van der Waals surface area contributed by atoms with Crippen LogP contribution in [0.3, 0.4) is 0 Å². The number of fused-ring (bicyclic) bond motifs is 1. The standard InChI is InChI=1S/C14H13N3O2/c1-17-13-11(6-3-7-16-13)19-12(14(17)18)9-4-2-5-10(15)8-9/h2-8,12H,15H2,1H3. The highest BCUT2D eigenvalue weighted by Gasteiger charge is 2.34. The lowest BCUT2D eigenvalue weighted by molar-refractivity contribution is -0.126. The molecule has 1 amide bonds. The maximum absolute atomic E-state index is 12.3. The highest BCUT2D eigenvalue weighted by atomic mass is 16.5. The zero-order chi connectivity index (χ0) is 13.4. The minimum Gasteiger partial charge on any atom is -0.472 e. The Hall–Kier alpha value is -2.56. The summed E-state index contributed by atoms with van der Waals surface area (Å²) in [6.07, 6.45) is 0.956. The maximum Gasteiger partial charge on any atom is 0.273 e. The van der Waals surface area contributed by atoms with Crippen LogP contribution in [0.5, 0.6) is 5.75 Å². The van der Waals surface area contributed by atoms with Crippen molar-refractivity contribution in [1.82, 2.24) is 4.98 Å². The van der Waals surface area contributed by atoms with Crippen LogP contribution in [0.25, 0.3) is 0 Å².